The second-order valence-corrected chi connectivity index (χ2v) is 6.07. The Bertz CT molecular complexity index is 574. The van der Waals surface area contributed by atoms with E-state index in [0.717, 1.165) is 17.9 Å². The number of hydrogen-bond acceptors (Lipinski definition) is 2. The first kappa shape index (κ1) is 13.7. The molecule has 2 heteroatoms. The fourth-order valence-electron chi connectivity index (χ4n) is 2.37. The molecule has 0 N–H and O–H groups in total. The monoisotopic (exact) mass is 258 g/mol. The van der Waals surface area contributed by atoms with E-state index in [-0.39, 0.29) is 5.41 Å². The summed E-state index contributed by atoms with van der Waals surface area (Å²) in [7, 11) is 3.43. The number of methoxy groups -OCH3 is 2. The zero-order chi connectivity index (χ0) is 14.0. The largest absolute Gasteiger partial charge is 0.497 e. The predicted molar refractivity (Wildman–Crippen MR) is 80.2 cm³/mol. The highest BCUT2D eigenvalue weighted by Crippen LogP contribution is 2.35. The zero-order valence-electron chi connectivity index (χ0n) is 12.4. The summed E-state index contributed by atoms with van der Waals surface area (Å²) < 4.78 is 10.9. The second-order valence-electron chi connectivity index (χ2n) is 6.07. The molecule has 102 valence electrons. The van der Waals surface area contributed by atoms with Gasteiger partial charge >= 0.3 is 0 Å². The van der Waals surface area contributed by atoms with E-state index in [9.17, 15) is 0 Å². The van der Waals surface area contributed by atoms with Gasteiger partial charge in [0.15, 0.2) is 0 Å². The van der Waals surface area contributed by atoms with Gasteiger partial charge in [-0.15, -0.1) is 0 Å². The summed E-state index contributed by atoms with van der Waals surface area (Å²) in [6.07, 6.45) is 0.973. The first-order chi connectivity index (χ1) is 8.94. The smallest absolute Gasteiger partial charge is 0.122 e. The maximum atomic E-state index is 5.53. The van der Waals surface area contributed by atoms with E-state index in [1.54, 1.807) is 14.2 Å². The van der Waals surface area contributed by atoms with Crippen LogP contribution in [-0.4, -0.2) is 14.2 Å². The second kappa shape index (κ2) is 5.12. The van der Waals surface area contributed by atoms with Crippen LogP contribution in [0.5, 0.6) is 11.5 Å². The SMILES string of the molecule is COc1ccc2ccc(OC)c(CC(C)(C)C)c2c1. The summed E-state index contributed by atoms with van der Waals surface area (Å²) in [5, 5.41) is 2.44. The molecule has 0 heterocycles. The van der Waals surface area contributed by atoms with Gasteiger partial charge in [-0.25, -0.2) is 0 Å². The lowest BCUT2D eigenvalue weighted by Crippen LogP contribution is -2.10. The van der Waals surface area contributed by atoms with Crippen molar-refractivity contribution in [1.29, 1.82) is 0 Å². The minimum absolute atomic E-state index is 0.213. The Labute approximate surface area is 115 Å². The molecule has 2 aromatic rings. The van der Waals surface area contributed by atoms with E-state index in [2.05, 4.69) is 45.0 Å². The molecule has 2 aromatic carbocycles. The molecule has 0 unspecified atom stereocenters. The molecule has 0 aliphatic heterocycles. The molecule has 0 aromatic heterocycles. The van der Waals surface area contributed by atoms with Crippen LogP contribution in [0.25, 0.3) is 10.8 Å². The third-order valence-electron chi connectivity index (χ3n) is 3.22. The van der Waals surface area contributed by atoms with Crippen LogP contribution in [-0.2, 0) is 6.42 Å². The molecule has 2 rings (SSSR count). The highest BCUT2D eigenvalue weighted by molar-refractivity contribution is 5.89. The molecule has 0 aliphatic carbocycles. The predicted octanol–water partition coefficient (Wildman–Crippen LogP) is 4.45. The van der Waals surface area contributed by atoms with Gasteiger partial charge in [-0.05, 0) is 40.8 Å². The van der Waals surface area contributed by atoms with Gasteiger partial charge in [0, 0.05) is 5.56 Å². The quantitative estimate of drug-likeness (QED) is 0.810. The summed E-state index contributed by atoms with van der Waals surface area (Å²) in [5.41, 5.74) is 1.47. The summed E-state index contributed by atoms with van der Waals surface area (Å²) in [6.45, 7) is 6.72. The first-order valence-electron chi connectivity index (χ1n) is 6.58. The minimum Gasteiger partial charge on any atom is -0.497 e. The molecular formula is C17H22O2. The number of ether oxygens (including phenoxy) is 2. The fourth-order valence-corrected chi connectivity index (χ4v) is 2.37. The van der Waals surface area contributed by atoms with Crippen LogP contribution < -0.4 is 9.47 Å². The highest BCUT2D eigenvalue weighted by atomic mass is 16.5. The molecule has 0 bridgehead atoms. The van der Waals surface area contributed by atoms with E-state index in [4.69, 9.17) is 9.47 Å². The maximum Gasteiger partial charge on any atom is 0.122 e. The van der Waals surface area contributed by atoms with E-state index < -0.39 is 0 Å². The van der Waals surface area contributed by atoms with E-state index in [1.807, 2.05) is 6.07 Å². The van der Waals surface area contributed by atoms with E-state index >= 15 is 0 Å². The number of rotatable bonds is 3. The fraction of sp³-hybridized carbons (Fsp3) is 0.412. The summed E-state index contributed by atoms with van der Waals surface area (Å²) in [4.78, 5) is 0. The molecule has 0 fully saturated rings. The van der Waals surface area contributed by atoms with Gasteiger partial charge in [0.2, 0.25) is 0 Å². The lowest BCUT2D eigenvalue weighted by atomic mass is 9.85. The van der Waals surface area contributed by atoms with Gasteiger partial charge in [0.05, 0.1) is 14.2 Å². The van der Waals surface area contributed by atoms with Crippen LogP contribution in [0.4, 0.5) is 0 Å². The van der Waals surface area contributed by atoms with Crippen LogP contribution in [0, 0.1) is 5.41 Å². The third kappa shape index (κ3) is 3.01. The van der Waals surface area contributed by atoms with Gasteiger partial charge in [-0.3, -0.25) is 0 Å². The molecule has 2 nitrogen and oxygen atoms in total. The van der Waals surface area contributed by atoms with Gasteiger partial charge < -0.3 is 9.47 Å². The van der Waals surface area contributed by atoms with Crippen molar-refractivity contribution in [2.24, 2.45) is 5.41 Å². The molecule has 0 amide bonds. The average Bonchev–Trinajstić information content (AvgIpc) is 2.37. The topological polar surface area (TPSA) is 18.5 Å². The Morgan fingerprint density at radius 2 is 1.63 bits per heavy atom. The van der Waals surface area contributed by atoms with Crippen LogP contribution >= 0.6 is 0 Å². The van der Waals surface area contributed by atoms with Crippen LogP contribution in [0.2, 0.25) is 0 Å². The number of fused-ring (bicyclic) bond motifs is 1. The van der Waals surface area contributed by atoms with E-state index in [0.29, 0.717) is 0 Å². The van der Waals surface area contributed by atoms with E-state index in [1.165, 1.54) is 16.3 Å². The highest BCUT2D eigenvalue weighted by Gasteiger charge is 2.17. The van der Waals surface area contributed by atoms with Crippen molar-refractivity contribution in [2.45, 2.75) is 27.2 Å². The summed E-state index contributed by atoms with van der Waals surface area (Å²) in [6, 6.07) is 10.3. The lowest BCUT2D eigenvalue weighted by molar-refractivity contribution is 0.380. The number of benzene rings is 2. The Balaban J connectivity index is 2.66. The zero-order valence-corrected chi connectivity index (χ0v) is 12.4. The van der Waals surface area contributed by atoms with Gasteiger partial charge in [0.1, 0.15) is 11.5 Å². The van der Waals surface area contributed by atoms with Gasteiger partial charge in [0.25, 0.3) is 0 Å². The standard InChI is InChI=1S/C17H22O2/c1-17(2,3)11-15-14-10-13(18-4)8-6-12(14)7-9-16(15)19-5/h6-10H,11H2,1-5H3. The number of hydrogen-bond donors (Lipinski definition) is 0. The molecule has 0 spiro atoms. The Hall–Kier alpha value is -1.70. The van der Waals surface area contributed by atoms with Crippen LogP contribution in [0.3, 0.4) is 0 Å². The van der Waals surface area contributed by atoms with Crippen molar-refractivity contribution in [2.75, 3.05) is 14.2 Å². The first-order valence-corrected chi connectivity index (χ1v) is 6.58. The van der Waals surface area contributed by atoms with Crippen molar-refractivity contribution in [3.05, 3.63) is 35.9 Å². The normalized spacial score (nSPS) is 11.6. The third-order valence-corrected chi connectivity index (χ3v) is 3.22. The van der Waals surface area contributed by atoms with Crippen molar-refractivity contribution in [3.63, 3.8) is 0 Å². The molecule has 0 aliphatic rings. The summed E-state index contributed by atoms with van der Waals surface area (Å²) >= 11 is 0. The van der Waals surface area contributed by atoms with Gasteiger partial charge in [-0.2, -0.15) is 0 Å². The van der Waals surface area contributed by atoms with Crippen molar-refractivity contribution in [1.82, 2.24) is 0 Å². The van der Waals surface area contributed by atoms with Crippen LogP contribution in [0.15, 0.2) is 30.3 Å². The van der Waals surface area contributed by atoms with Gasteiger partial charge in [-0.1, -0.05) is 32.9 Å². The molecular weight excluding hydrogens is 236 g/mol. The Morgan fingerprint density at radius 3 is 2.21 bits per heavy atom. The lowest BCUT2D eigenvalue weighted by Gasteiger charge is -2.21. The average molecular weight is 258 g/mol. The van der Waals surface area contributed by atoms with Crippen LogP contribution in [0.1, 0.15) is 26.3 Å². The van der Waals surface area contributed by atoms with Crippen molar-refractivity contribution in [3.8, 4) is 11.5 Å². The minimum atomic E-state index is 0.213. The molecule has 0 atom stereocenters. The molecule has 0 saturated carbocycles. The van der Waals surface area contributed by atoms with Crippen molar-refractivity contribution < 1.29 is 9.47 Å². The molecule has 0 saturated heterocycles. The Kier molecular flexibility index (Phi) is 3.70. The maximum absolute atomic E-state index is 5.53. The summed E-state index contributed by atoms with van der Waals surface area (Å²) in [5.74, 6) is 1.84. The molecule has 19 heavy (non-hydrogen) atoms. The van der Waals surface area contributed by atoms with Crippen molar-refractivity contribution >= 4 is 10.8 Å². The molecule has 0 radical (unpaired) electrons. The Morgan fingerprint density at radius 1 is 0.947 bits per heavy atom.